The number of aromatic nitrogens is 3. The molecule has 2 aromatic rings. The molecule has 1 fully saturated rings. The molecule has 0 aliphatic carbocycles. The number of amides is 1. The molecule has 0 spiro atoms. The van der Waals surface area contributed by atoms with E-state index in [1.807, 2.05) is 4.90 Å². The topological polar surface area (TPSA) is 60.2 Å². The first-order chi connectivity index (χ1) is 12.0. The Labute approximate surface area is 144 Å². The molecule has 3 rings (SSSR count). The molecule has 1 unspecified atom stereocenters. The zero-order valence-corrected chi connectivity index (χ0v) is 14.0. The van der Waals surface area contributed by atoms with E-state index in [4.69, 9.17) is 4.74 Å². The Morgan fingerprint density at radius 1 is 1.28 bits per heavy atom. The summed E-state index contributed by atoms with van der Waals surface area (Å²) >= 11 is 0. The molecule has 8 heteroatoms. The van der Waals surface area contributed by atoms with E-state index in [2.05, 4.69) is 17.2 Å². The highest BCUT2D eigenvalue weighted by molar-refractivity contribution is 5.76. The summed E-state index contributed by atoms with van der Waals surface area (Å²) in [6.07, 6.45) is 4.79. The van der Waals surface area contributed by atoms with E-state index in [-0.39, 0.29) is 30.9 Å². The van der Waals surface area contributed by atoms with Gasteiger partial charge in [-0.1, -0.05) is 5.21 Å². The quantitative estimate of drug-likeness (QED) is 0.831. The summed E-state index contributed by atoms with van der Waals surface area (Å²) in [4.78, 5) is 14.2. The van der Waals surface area contributed by atoms with Crippen molar-refractivity contribution in [1.29, 1.82) is 0 Å². The second-order valence-corrected chi connectivity index (χ2v) is 6.23. The number of carbonyl (C=O) groups excluding carboxylic acids is 1. The monoisotopic (exact) mass is 350 g/mol. The van der Waals surface area contributed by atoms with Crippen LogP contribution in [-0.2, 0) is 17.9 Å². The lowest BCUT2D eigenvalue weighted by Crippen LogP contribution is -2.43. The maximum absolute atomic E-state index is 13.1. The average Bonchev–Trinajstić information content (AvgIpc) is 3.00. The molecule has 1 aromatic heterocycles. The molecule has 2 heterocycles. The van der Waals surface area contributed by atoms with Gasteiger partial charge in [-0.15, -0.1) is 5.10 Å². The van der Waals surface area contributed by atoms with E-state index in [1.54, 1.807) is 6.20 Å². The summed E-state index contributed by atoms with van der Waals surface area (Å²) in [5.74, 6) is -1.33. The van der Waals surface area contributed by atoms with Gasteiger partial charge in [0.25, 0.3) is 0 Å². The van der Waals surface area contributed by atoms with Crippen molar-refractivity contribution in [3.8, 4) is 5.75 Å². The Kier molecular flexibility index (Phi) is 5.25. The van der Waals surface area contributed by atoms with E-state index < -0.39 is 11.6 Å². The Balaban J connectivity index is 1.56. The maximum atomic E-state index is 13.1. The van der Waals surface area contributed by atoms with Gasteiger partial charge in [0.1, 0.15) is 36.2 Å². The standard InChI is InChI=1S/C17H20F2N4O2/c1-12-4-2-3-5-23(12)17(24)10-22-9-15(20-21-22)11-25-16-7-13(18)6-14(19)8-16/h6-9,12H,2-5,10-11H2,1H3. The van der Waals surface area contributed by atoms with Crippen molar-refractivity contribution < 1.29 is 18.3 Å². The Bertz CT molecular complexity index is 730. The van der Waals surface area contributed by atoms with Gasteiger partial charge in [0, 0.05) is 30.8 Å². The van der Waals surface area contributed by atoms with E-state index in [9.17, 15) is 13.6 Å². The largest absolute Gasteiger partial charge is 0.487 e. The number of nitrogens with zero attached hydrogens (tertiary/aromatic N) is 4. The fourth-order valence-corrected chi connectivity index (χ4v) is 2.95. The lowest BCUT2D eigenvalue weighted by Gasteiger charge is -2.33. The molecule has 1 saturated heterocycles. The minimum atomic E-state index is -0.708. The van der Waals surface area contributed by atoms with Crippen LogP contribution in [0.5, 0.6) is 5.75 Å². The third-order valence-electron chi connectivity index (χ3n) is 4.23. The number of carbonyl (C=O) groups is 1. The van der Waals surface area contributed by atoms with Crippen molar-refractivity contribution in [1.82, 2.24) is 19.9 Å². The highest BCUT2D eigenvalue weighted by Gasteiger charge is 2.23. The Hall–Kier alpha value is -2.51. The molecular formula is C17H20F2N4O2. The number of hydrogen-bond donors (Lipinski definition) is 0. The molecule has 25 heavy (non-hydrogen) atoms. The van der Waals surface area contributed by atoms with Gasteiger partial charge < -0.3 is 9.64 Å². The van der Waals surface area contributed by atoms with Crippen LogP contribution in [0.4, 0.5) is 8.78 Å². The van der Waals surface area contributed by atoms with Gasteiger partial charge in [-0.2, -0.15) is 0 Å². The van der Waals surface area contributed by atoms with Gasteiger partial charge in [0.15, 0.2) is 0 Å². The molecule has 0 bridgehead atoms. The van der Waals surface area contributed by atoms with Crippen molar-refractivity contribution in [3.05, 3.63) is 41.7 Å². The molecule has 1 amide bonds. The summed E-state index contributed by atoms with van der Waals surface area (Å²) in [6.45, 7) is 2.95. The first kappa shape index (κ1) is 17.3. The smallest absolute Gasteiger partial charge is 0.244 e. The number of likely N-dealkylation sites (tertiary alicyclic amines) is 1. The van der Waals surface area contributed by atoms with E-state index in [0.717, 1.165) is 44.0 Å². The lowest BCUT2D eigenvalue weighted by molar-refractivity contribution is -0.135. The molecule has 134 valence electrons. The highest BCUT2D eigenvalue weighted by Crippen LogP contribution is 2.18. The molecule has 0 radical (unpaired) electrons. The van der Waals surface area contributed by atoms with Gasteiger partial charge in [-0.3, -0.25) is 4.79 Å². The summed E-state index contributed by atoms with van der Waals surface area (Å²) in [6, 6.07) is 3.20. The summed E-state index contributed by atoms with van der Waals surface area (Å²) in [5.41, 5.74) is 0.476. The van der Waals surface area contributed by atoms with Crippen molar-refractivity contribution in [2.24, 2.45) is 0 Å². The molecular weight excluding hydrogens is 330 g/mol. The van der Waals surface area contributed by atoms with Crippen LogP contribution >= 0.6 is 0 Å². The van der Waals surface area contributed by atoms with Crippen LogP contribution < -0.4 is 4.74 Å². The van der Waals surface area contributed by atoms with Crippen molar-refractivity contribution in [2.75, 3.05) is 6.54 Å². The molecule has 6 nitrogen and oxygen atoms in total. The van der Waals surface area contributed by atoms with Crippen molar-refractivity contribution in [2.45, 2.75) is 45.4 Å². The molecule has 1 atom stereocenters. The van der Waals surface area contributed by atoms with Crippen molar-refractivity contribution in [3.63, 3.8) is 0 Å². The first-order valence-electron chi connectivity index (χ1n) is 8.28. The number of ether oxygens (including phenoxy) is 1. The fraction of sp³-hybridized carbons (Fsp3) is 0.471. The van der Waals surface area contributed by atoms with Crippen LogP contribution in [0.25, 0.3) is 0 Å². The van der Waals surface area contributed by atoms with Crippen molar-refractivity contribution >= 4 is 5.91 Å². The summed E-state index contributed by atoms with van der Waals surface area (Å²) in [7, 11) is 0. The van der Waals surface area contributed by atoms with E-state index in [1.165, 1.54) is 4.68 Å². The van der Waals surface area contributed by atoms with Gasteiger partial charge in [0.2, 0.25) is 5.91 Å². The highest BCUT2D eigenvalue weighted by atomic mass is 19.1. The second-order valence-electron chi connectivity index (χ2n) is 6.23. The number of hydrogen-bond acceptors (Lipinski definition) is 4. The third kappa shape index (κ3) is 4.52. The molecule has 0 N–H and O–H groups in total. The van der Waals surface area contributed by atoms with E-state index >= 15 is 0 Å². The van der Waals surface area contributed by atoms with Crippen LogP contribution in [0.3, 0.4) is 0 Å². The number of rotatable bonds is 5. The minimum Gasteiger partial charge on any atom is -0.487 e. The van der Waals surface area contributed by atoms with Crippen LogP contribution in [0, 0.1) is 11.6 Å². The van der Waals surface area contributed by atoms with Gasteiger partial charge in [-0.25, -0.2) is 13.5 Å². The maximum Gasteiger partial charge on any atom is 0.244 e. The lowest BCUT2D eigenvalue weighted by atomic mass is 10.0. The van der Waals surface area contributed by atoms with Crippen LogP contribution in [-0.4, -0.2) is 38.4 Å². The predicted molar refractivity (Wildman–Crippen MR) is 85.7 cm³/mol. The number of benzene rings is 1. The first-order valence-corrected chi connectivity index (χ1v) is 8.28. The minimum absolute atomic E-state index is 0.0109. The van der Waals surface area contributed by atoms with Crippen LogP contribution in [0.1, 0.15) is 31.9 Å². The number of halogens is 2. The zero-order valence-electron chi connectivity index (χ0n) is 14.0. The van der Waals surface area contributed by atoms with Gasteiger partial charge in [0.05, 0.1) is 6.20 Å². The Morgan fingerprint density at radius 3 is 2.76 bits per heavy atom. The second kappa shape index (κ2) is 7.58. The van der Waals surface area contributed by atoms with Crippen LogP contribution in [0.15, 0.2) is 24.4 Å². The molecule has 1 aliphatic rings. The molecule has 1 aliphatic heterocycles. The van der Waals surface area contributed by atoms with E-state index in [0.29, 0.717) is 5.69 Å². The summed E-state index contributed by atoms with van der Waals surface area (Å²) in [5, 5.41) is 7.84. The zero-order chi connectivity index (χ0) is 17.8. The predicted octanol–water partition coefficient (Wildman–Crippen LogP) is 2.54. The molecule has 0 saturated carbocycles. The number of piperidine rings is 1. The summed E-state index contributed by atoms with van der Waals surface area (Å²) < 4.78 is 33.0. The Morgan fingerprint density at radius 2 is 2.04 bits per heavy atom. The fourth-order valence-electron chi connectivity index (χ4n) is 2.95. The average molecular weight is 350 g/mol. The van der Waals surface area contributed by atoms with Gasteiger partial charge in [-0.05, 0) is 26.2 Å². The van der Waals surface area contributed by atoms with Gasteiger partial charge >= 0.3 is 0 Å². The van der Waals surface area contributed by atoms with Crippen LogP contribution in [0.2, 0.25) is 0 Å². The normalized spacial score (nSPS) is 17.6. The third-order valence-corrected chi connectivity index (χ3v) is 4.23. The SMILES string of the molecule is CC1CCCCN1C(=O)Cn1cc(COc2cc(F)cc(F)c2)nn1. The molecule has 1 aromatic carbocycles.